The predicted molar refractivity (Wildman–Crippen MR) is 55.3 cm³/mol. The van der Waals surface area contributed by atoms with Crippen LogP contribution in [-0.2, 0) is 19.2 Å². The lowest BCUT2D eigenvalue weighted by atomic mass is 10.3. The molecule has 112 valence electrons. The third-order valence-corrected chi connectivity index (χ3v) is 0.924. The van der Waals surface area contributed by atoms with E-state index in [4.69, 9.17) is 45.3 Å². The van der Waals surface area contributed by atoms with E-state index in [0.717, 1.165) is 0 Å². The van der Waals surface area contributed by atoms with Crippen LogP contribution in [0.4, 0.5) is 0 Å². The van der Waals surface area contributed by atoms with Crippen molar-refractivity contribution >= 4 is 23.9 Å². The SMILES string of the molecule is O=C(O)CC(O)C(=O)O.O=C(O)CO.O=C(O)CO. The second-order valence-corrected chi connectivity index (χ2v) is 2.56. The Morgan fingerprint density at radius 1 is 0.737 bits per heavy atom. The van der Waals surface area contributed by atoms with Gasteiger partial charge in [0.05, 0.1) is 6.42 Å². The van der Waals surface area contributed by atoms with Crippen molar-refractivity contribution in [3.05, 3.63) is 0 Å². The number of hydrogen-bond acceptors (Lipinski definition) is 7. The molecule has 0 aliphatic heterocycles. The van der Waals surface area contributed by atoms with Gasteiger partial charge in [-0.05, 0) is 0 Å². The summed E-state index contributed by atoms with van der Waals surface area (Å²) >= 11 is 0. The van der Waals surface area contributed by atoms with Gasteiger partial charge in [0.1, 0.15) is 13.2 Å². The zero-order chi connectivity index (χ0) is 16.0. The first kappa shape index (κ1) is 22.0. The largest absolute Gasteiger partial charge is 0.481 e. The van der Waals surface area contributed by atoms with Crippen molar-refractivity contribution in [2.24, 2.45) is 0 Å². The molecule has 0 aromatic carbocycles. The van der Waals surface area contributed by atoms with Gasteiger partial charge in [0.15, 0.2) is 6.10 Å². The Labute approximate surface area is 106 Å². The van der Waals surface area contributed by atoms with Crippen molar-refractivity contribution in [2.75, 3.05) is 13.2 Å². The van der Waals surface area contributed by atoms with E-state index in [1.54, 1.807) is 0 Å². The predicted octanol–water partition coefficient (Wildman–Crippen LogP) is -2.97. The molecule has 11 nitrogen and oxygen atoms in total. The second kappa shape index (κ2) is 13.8. The number of rotatable bonds is 5. The third-order valence-electron chi connectivity index (χ3n) is 0.924. The number of aliphatic carboxylic acids is 4. The Morgan fingerprint density at radius 3 is 1.05 bits per heavy atom. The Balaban J connectivity index is -0.000000219. The van der Waals surface area contributed by atoms with Gasteiger partial charge in [0.2, 0.25) is 0 Å². The summed E-state index contributed by atoms with van der Waals surface area (Å²) in [6.45, 7) is -1.56. The molecule has 11 heteroatoms. The monoisotopic (exact) mass is 286 g/mol. The van der Waals surface area contributed by atoms with Crippen LogP contribution in [0.2, 0.25) is 0 Å². The van der Waals surface area contributed by atoms with E-state index in [0.29, 0.717) is 0 Å². The maximum absolute atomic E-state index is 9.72. The van der Waals surface area contributed by atoms with E-state index in [9.17, 15) is 9.59 Å². The van der Waals surface area contributed by atoms with Crippen LogP contribution >= 0.6 is 0 Å². The standard InChI is InChI=1S/C4H6O5.2C2H4O3/c5-2(4(8)9)1-3(6)7;2*3-1-2(4)5/h2,5H,1H2,(H,6,7)(H,8,9);2*3H,1H2,(H,4,5). The molecule has 7 N–H and O–H groups in total. The summed E-state index contributed by atoms with van der Waals surface area (Å²) in [6, 6.07) is 0. The topological polar surface area (TPSA) is 210 Å². The lowest BCUT2D eigenvalue weighted by Crippen LogP contribution is -2.22. The normalized spacial score (nSPS) is 9.84. The van der Waals surface area contributed by atoms with Gasteiger partial charge in [0, 0.05) is 0 Å². The summed E-state index contributed by atoms with van der Waals surface area (Å²) < 4.78 is 0. The van der Waals surface area contributed by atoms with Crippen molar-refractivity contribution in [3.8, 4) is 0 Å². The van der Waals surface area contributed by atoms with Crippen molar-refractivity contribution < 1.29 is 54.9 Å². The van der Waals surface area contributed by atoms with Crippen molar-refractivity contribution in [1.29, 1.82) is 0 Å². The van der Waals surface area contributed by atoms with Gasteiger partial charge in [-0.15, -0.1) is 0 Å². The van der Waals surface area contributed by atoms with Crippen LogP contribution in [0.1, 0.15) is 6.42 Å². The van der Waals surface area contributed by atoms with Crippen LogP contribution in [0, 0.1) is 0 Å². The van der Waals surface area contributed by atoms with Gasteiger partial charge < -0.3 is 35.7 Å². The molecule has 0 aromatic rings. The number of carboxylic acid groups (broad SMARTS) is 4. The van der Waals surface area contributed by atoms with Crippen molar-refractivity contribution in [1.82, 2.24) is 0 Å². The molecule has 0 amide bonds. The van der Waals surface area contributed by atoms with E-state index < -0.39 is 49.6 Å². The summed E-state index contributed by atoms with van der Waals surface area (Å²) in [5.74, 6) is -5.22. The van der Waals surface area contributed by atoms with E-state index in [1.807, 2.05) is 0 Å². The minimum atomic E-state index is -1.79. The van der Waals surface area contributed by atoms with Gasteiger partial charge in [-0.2, -0.15) is 0 Å². The molecule has 0 aliphatic carbocycles. The molecule has 19 heavy (non-hydrogen) atoms. The minimum Gasteiger partial charge on any atom is -0.481 e. The molecule has 0 bridgehead atoms. The molecule has 1 atom stereocenters. The van der Waals surface area contributed by atoms with Crippen LogP contribution < -0.4 is 0 Å². The van der Waals surface area contributed by atoms with Gasteiger partial charge in [-0.1, -0.05) is 0 Å². The molecule has 0 fully saturated rings. The summed E-state index contributed by atoms with van der Waals surface area (Å²) in [4.78, 5) is 37.6. The van der Waals surface area contributed by atoms with Crippen molar-refractivity contribution in [3.63, 3.8) is 0 Å². The fourth-order valence-corrected chi connectivity index (χ4v) is 0.253. The van der Waals surface area contributed by atoms with Crippen LogP contribution in [0.25, 0.3) is 0 Å². The average molecular weight is 286 g/mol. The minimum absolute atomic E-state index is 0.755. The van der Waals surface area contributed by atoms with E-state index >= 15 is 0 Å². The maximum Gasteiger partial charge on any atom is 0.333 e. The second-order valence-electron chi connectivity index (χ2n) is 2.56. The highest BCUT2D eigenvalue weighted by atomic mass is 16.4. The lowest BCUT2D eigenvalue weighted by molar-refractivity contribution is -0.152. The Kier molecular flexibility index (Phi) is 16.0. The van der Waals surface area contributed by atoms with E-state index in [1.165, 1.54) is 0 Å². The van der Waals surface area contributed by atoms with Crippen molar-refractivity contribution in [2.45, 2.75) is 12.5 Å². The first-order valence-electron chi connectivity index (χ1n) is 4.36. The van der Waals surface area contributed by atoms with E-state index in [-0.39, 0.29) is 0 Å². The summed E-state index contributed by atoms with van der Waals surface area (Å²) in [5, 5.41) is 54.2. The fraction of sp³-hybridized carbons (Fsp3) is 0.500. The molecule has 0 saturated heterocycles. The molecule has 1 unspecified atom stereocenters. The number of hydrogen-bond donors (Lipinski definition) is 7. The summed E-state index contributed by atoms with van der Waals surface area (Å²) in [6.07, 6.45) is -2.54. The van der Waals surface area contributed by atoms with Gasteiger partial charge >= 0.3 is 23.9 Å². The van der Waals surface area contributed by atoms with Gasteiger partial charge in [0.25, 0.3) is 0 Å². The van der Waals surface area contributed by atoms with Crippen LogP contribution in [0.3, 0.4) is 0 Å². The third kappa shape index (κ3) is 31.3. The first-order chi connectivity index (χ1) is 8.58. The highest BCUT2D eigenvalue weighted by Crippen LogP contribution is 1.89. The molecule has 0 aromatic heterocycles. The zero-order valence-corrected chi connectivity index (χ0v) is 9.46. The maximum atomic E-state index is 9.72. The molecule has 0 saturated carbocycles. The molecular weight excluding hydrogens is 272 g/mol. The Morgan fingerprint density at radius 2 is 1.00 bits per heavy atom. The Bertz CT molecular complexity index is 283. The number of aliphatic hydroxyl groups is 3. The average Bonchev–Trinajstić information content (AvgIpc) is 2.29. The molecule has 0 aliphatic rings. The highest BCUT2D eigenvalue weighted by molar-refractivity contribution is 5.79. The van der Waals surface area contributed by atoms with Crippen LogP contribution in [0.5, 0.6) is 0 Å². The zero-order valence-electron chi connectivity index (χ0n) is 9.46. The van der Waals surface area contributed by atoms with Crippen LogP contribution in [0.15, 0.2) is 0 Å². The molecule has 0 radical (unpaired) electrons. The lowest BCUT2D eigenvalue weighted by Gasteiger charge is -1.97. The number of carbonyl (C=O) groups is 4. The van der Waals surface area contributed by atoms with Gasteiger partial charge in [-0.25, -0.2) is 14.4 Å². The fourth-order valence-electron chi connectivity index (χ4n) is 0.253. The van der Waals surface area contributed by atoms with Crippen LogP contribution in [-0.4, -0.2) is 78.9 Å². The number of aliphatic hydroxyl groups excluding tert-OH is 3. The molecule has 0 rings (SSSR count). The Hall–Kier alpha value is -2.24. The summed E-state index contributed by atoms with van der Waals surface area (Å²) in [5.41, 5.74) is 0. The smallest absolute Gasteiger partial charge is 0.333 e. The molecular formula is C8H14O11. The highest BCUT2D eigenvalue weighted by Gasteiger charge is 2.16. The summed E-state index contributed by atoms with van der Waals surface area (Å²) in [7, 11) is 0. The van der Waals surface area contributed by atoms with E-state index in [2.05, 4.69) is 0 Å². The number of carboxylic acids is 4. The van der Waals surface area contributed by atoms with Gasteiger partial charge in [-0.3, -0.25) is 4.79 Å². The quantitative estimate of drug-likeness (QED) is 0.271. The molecule has 0 heterocycles. The molecule has 0 spiro atoms. The first-order valence-corrected chi connectivity index (χ1v) is 4.36.